The molecule has 0 spiro atoms. The van der Waals surface area contributed by atoms with Crippen LogP contribution >= 0.6 is 0 Å². The molecule has 36 heavy (non-hydrogen) atoms. The first kappa shape index (κ1) is 26.6. The normalized spacial score (nSPS) is 11.0. The van der Waals surface area contributed by atoms with Crippen molar-refractivity contribution in [3.63, 3.8) is 0 Å². The lowest BCUT2D eigenvalue weighted by Crippen LogP contribution is -2.41. The number of amides is 3. The van der Waals surface area contributed by atoms with Crippen molar-refractivity contribution in [2.24, 2.45) is 5.73 Å². The lowest BCUT2D eigenvalue weighted by Gasteiger charge is -2.27. The average molecular weight is 490 g/mol. The van der Waals surface area contributed by atoms with Crippen LogP contribution in [0.4, 0.5) is 21.9 Å². The highest BCUT2D eigenvalue weighted by Gasteiger charge is 2.19. The SMILES string of the molecule is CCOc1ccc(NC(=O)N(CCC(C)(C)N)Cc2ccc(C(=O)Nc3ccccc3N)cc2)cc1. The maximum atomic E-state index is 13.1. The van der Waals surface area contributed by atoms with Crippen molar-refractivity contribution in [2.75, 3.05) is 29.5 Å². The molecule has 3 aromatic rings. The lowest BCUT2D eigenvalue weighted by molar-refractivity contribution is 0.102. The van der Waals surface area contributed by atoms with Crippen LogP contribution in [-0.2, 0) is 6.54 Å². The Bertz CT molecular complexity index is 1160. The molecule has 0 saturated heterocycles. The fourth-order valence-electron chi connectivity index (χ4n) is 3.47. The number of ether oxygens (including phenoxy) is 1. The summed E-state index contributed by atoms with van der Waals surface area (Å²) in [6, 6.07) is 21.3. The van der Waals surface area contributed by atoms with E-state index in [0.717, 1.165) is 11.3 Å². The van der Waals surface area contributed by atoms with Gasteiger partial charge in [0, 0.05) is 29.9 Å². The Labute approximate surface area is 212 Å². The molecule has 0 aliphatic heterocycles. The van der Waals surface area contributed by atoms with E-state index in [4.69, 9.17) is 16.2 Å². The molecular formula is C28H35N5O3. The van der Waals surface area contributed by atoms with Crippen molar-refractivity contribution in [1.82, 2.24) is 4.90 Å². The maximum absolute atomic E-state index is 13.1. The third-order valence-corrected chi connectivity index (χ3v) is 5.53. The minimum Gasteiger partial charge on any atom is -0.494 e. The number of hydrogen-bond donors (Lipinski definition) is 4. The summed E-state index contributed by atoms with van der Waals surface area (Å²) in [5.74, 6) is 0.491. The van der Waals surface area contributed by atoms with Gasteiger partial charge in [0.15, 0.2) is 0 Å². The Morgan fingerprint density at radius 2 is 1.61 bits per heavy atom. The molecule has 3 rings (SSSR count). The zero-order valence-electron chi connectivity index (χ0n) is 21.1. The summed E-state index contributed by atoms with van der Waals surface area (Å²) >= 11 is 0. The second-order valence-electron chi connectivity index (χ2n) is 9.29. The average Bonchev–Trinajstić information content (AvgIpc) is 2.84. The van der Waals surface area contributed by atoms with E-state index >= 15 is 0 Å². The Balaban J connectivity index is 1.68. The van der Waals surface area contributed by atoms with Gasteiger partial charge in [-0.05, 0) is 81.3 Å². The molecule has 0 aliphatic carbocycles. The van der Waals surface area contributed by atoms with Crippen LogP contribution in [0.25, 0.3) is 0 Å². The lowest BCUT2D eigenvalue weighted by atomic mass is 10.0. The molecule has 0 unspecified atom stereocenters. The Hall–Kier alpha value is -4.04. The highest BCUT2D eigenvalue weighted by molar-refractivity contribution is 6.05. The Morgan fingerprint density at radius 1 is 0.944 bits per heavy atom. The number of rotatable bonds is 10. The fourth-order valence-corrected chi connectivity index (χ4v) is 3.47. The monoisotopic (exact) mass is 489 g/mol. The third kappa shape index (κ3) is 8.02. The summed E-state index contributed by atoms with van der Waals surface area (Å²) in [6.45, 7) is 7.21. The maximum Gasteiger partial charge on any atom is 0.322 e. The zero-order valence-corrected chi connectivity index (χ0v) is 21.1. The number of carbonyl (C=O) groups is 2. The first-order chi connectivity index (χ1) is 17.1. The van der Waals surface area contributed by atoms with Crippen LogP contribution in [0.5, 0.6) is 5.75 Å². The fraction of sp³-hybridized carbons (Fsp3) is 0.286. The number of nitrogens with zero attached hydrogens (tertiary/aromatic N) is 1. The van der Waals surface area contributed by atoms with Crippen molar-refractivity contribution in [1.29, 1.82) is 0 Å². The van der Waals surface area contributed by atoms with Gasteiger partial charge in [0.1, 0.15) is 5.75 Å². The molecule has 8 heteroatoms. The quantitative estimate of drug-likeness (QED) is 0.296. The van der Waals surface area contributed by atoms with E-state index in [-0.39, 0.29) is 11.9 Å². The van der Waals surface area contributed by atoms with Crippen molar-refractivity contribution < 1.29 is 14.3 Å². The molecule has 3 amide bonds. The number of hydrogen-bond acceptors (Lipinski definition) is 5. The third-order valence-electron chi connectivity index (χ3n) is 5.53. The second-order valence-corrected chi connectivity index (χ2v) is 9.29. The largest absolute Gasteiger partial charge is 0.494 e. The highest BCUT2D eigenvalue weighted by Crippen LogP contribution is 2.20. The summed E-state index contributed by atoms with van der Waals surface area (Å²) in [5, 5.41) is 5.76. The summed E-state index contributed by atoms with van der Waals surface area (Å²) in [4.78, 5) is 27.5. The van der Waals surface area contributed by atoms with Crippen molar-refractivity contribution >= 4 is 29.0 Å². The van der Waals surface area contributed by atoms with Gasteiger partial charge in [0.2, 0.25) is 0 Å². The summed E-state index contributed by atoms with van der Waals surface area (Å²) in [5.41, 5.74) is 14.8. The van der Waals surface area contributed by atoms with Crippen LogP contribution in [0.1, 0.15) is 43.1 Å². The van der Waals surface area contributed by atoms with E-state index < -0.39 is 5.54 Å². The Morgan fingerprint density at radius 3 is 2.22 bits per heavy atom. The number of nitrogens with two attached hydrogens (primary N) is 2. The van der Waals surface area contributed by atoms with Gasteiger partial charge in [0.05, 0.1) is 18.0 Å². The molecule has 0 bridgehead atoms. The predicted molar refractivity (Wildman–Crippen MR) is 145 cm³/mol. The molecule has 6 N–H and O–H groups in total. The predicted octanol–water partition coefficient (Wildman–Crippen LogP) is 5.08. The van der Waals surface area contributed by atoms with Gasteiger partial charge in [-0.2, -0.15) is 0 Å². The first-order valence-electron chi connectivity index (χ1n) is 12.0. The van der Waals surface area contributed by atoms with Crippen LogP contribution in [0.3, 0.4) is 0 Å². The molecule has 0 radical (unpaired) electrons. The van der Waals surface area contributed by atoms with Gasteiger partial charge in [-0.25, -0.2) is 4.79 Å². The van der Waals surface area contributed by atoms with E-state index in [0.29, 0.717) is 48.7 Å². The minimum atomic E-state index is -0.418. The molecule has 0 aliphatic rings. The van der Waals surface area contributed by atoms with E-state index in [1.165, 1.54) is 0 Å². The van der Waals surface area contributed by atoms with Crippen LogP contribution in [-0.4, -0.2) is 35.5 Å². The second kappa shape index (κ2) is 12.1. The van der Waals surface area contributed by atoms with Gasteiger partial charge in [0.25, 0.3) is 5.91 Å². The number of benzene rings is 3. The van der Waals surface area contributed by atoms with E-state index in [9.17, 15) is 9.59 Å². The smallest absolute Gasteiger partial charge is 0.322 e. The van der Waals surface area contributed by atoms with Crippen LogP contribution < -0.4 is 26.8 Å². The summed E-state index contributed by atoms with van der Waals surface area (Å²) < 4.78 is 5.46. The van der Waals surface area contributed by atoms with Crippen LogP contribution in [0, 0.1) is 0 Å². The highest BCUT2D eigenvalue weighted by atomic mass is 16.5. The van der Waals surface area contributed by atoms with Crippen molar-refractivity contribution in [2.45, 2.75) is 39.3 Å². The van der Waals surface area contributed by atoms with Gasteiger partial charge in [-0.15, -0.1) is 0 Å². The molecule has 0 heterocycles. The van der Waals surface area contributed by atoms with E-state index in [1.54, 1.807) is 41.3 Å². The van der Waals surface area contributed by atoms with Crippen LogP contribution in [0.15, 0.2) is 72.8 Å². The molecule has 190 valence electrons. The molecule has 3 aromatic carbocycles. The van der Waals surface area contributed by atoms with Gasteiger partial charge >= 0.3 is 6.03 Å². The number of para-hydroxylation sites is 2. The molecule has 0 aromatic heterocycles. The van der Waals surface area contributed by atoms with Crippen LogP contribution in [0.2, 0.25) is 0 Å². The summed E-state index contributed by atoms with van der Waals surface area (Å²) in [7, 11) is 0. The summed E-state index contributed by atoms with van der Waals surface area (Å²) in [6.07, 6.45) is 0.628. The number of anilines is 3. The van der Waals surface area contributed by atoms with E-state index in [1.807, 2.05) is 57.2 Å². The number of nitrogens with one attached hydrogen (secondary N) is 2. The van der Waals surface area contributed by atoms with Crippen molar-refractivity contribution in [3.8, 4) is 5.75 Å². The number of urea groups is 1. The molecule has 0 fully saturated rings. The van der Waals surface area contributed by atoms with Gasteiger partial charge in [-0.1, -0.05) is 24.3 Å². The van der Waals surface area contributed by atoms with Gasteiger partial charge < -0.3 is 31.7 Å². The molecule has 0 saturated carbocycles. The zero-order chi connectivity index (χ0) is 26.1. The van der Waals surface area contributed by atoms with E-state index in [2.05, 4.69) is 10.6 Å². The van der Waals surface area contributed by atoms with Gasteiger partial charge in [-0.3, -0.25) is 4.79 Å². The number of nitrogen functional groups attached to an aromatic ring is 1. The topological polar surface area (TPSA) is 123 Å². The molecule has 0 atom stereocenters. The minimum absolute atomic E-state index is 0.232. The molecular weight excluding hydrogens is 454 g/mol. The standard InChI is InChI=1S/C28H35N5O3/c1-4-36-23-15-13-22(14-16-23)31-27(35)33(18-17-28(2,3)30)19-20-9-11-21(12-10-20)26(34)32-25-8-6-5-7-24(25)29/h5-16H,4,17-19,29-30H2,1-3H3,(H,31,35)(H,32,34). The Kier molecular flexibility index (Phi) is 8.91. The number of carbonyl (C=O) groups excluding carboxylic acids is 2. The van der Waals surface area contributed by atoms with Crippen molar-refractivity contribution in [3.05, 3.63) is 83.9 Å². The first-order valence-corrected chi connectivity index (χ1v) is 12.0. The molecule has 8 nitrogen and oxygen atoms in total.